The van der Waals surface area contributed by atoms with E-state index in [9.17, 15) is 5.11 Å². The molecule has 128 valence electrons. The Bertz CT molecular complexity index is 713. The van der Waals surface area contributed by atoms with Crippen LogP contribution in [0.2, 0.25) is 0 Å². The lowest BCUT2D eigenvalue weighted by molar-refractivity contribution is 0.122. The average Bonchev–Trinajstić information content (AvgIpc) is 3.36. The van der Waals surface area contributed by atoms with Gasteiger partial charge in [0.1, 0.15) is 5.82 Å². The molecule has 2 heterocycles. The fourth-order valence-electron chi connectivity index (χ4n) is 3.38. The maximum atomic E-state index is 10.4. The topological polar surface area (TPSA) is 54.2 Å². The summed E-state index contributed by atoms with van der Waals surface area (Å²) < 4.78 is 2.09. The smallest absolute Gasteiger partial charge is 0.191 e. The Morgan fingerprint density at radius 3 is 2.83 bits per heavy atom. The SMILES string of the molecule is Cn1c(SCC(O)CN2CCc3ccccc3C2)nnc1C1CC1. The molecule has 1 N–H and O–H groups in total. The number of rotatable bonds is 6. The fraction of sp³-hybridized carbons (Fsp3) is 0.556. The summed E-state index contributed by atoms with van der Waals surface area (Å²) in [5.74, 6) is 2.37. The Morgan fingerprint density at radius 1 is 1.25 bits per heavy atom. The lowest BCUT2D eigenvalue weighted by Gasteiger charge is -2.30. The Morgan fingerprint density at radius 2 is 2.04 bits per heavy atom. The van der Waals surface area contributed by atoms with E-state index in [1.165, 1.54) is 24.0 Å². The molecule has 1 atom stereocenters. The van der Waals surface area contributed by atoms with Gasteiger partial charge in [0, 0.05) is 38.4 Å². The van der Waals surface area contributed by atoms with E-state index in [4.69, 9.17) is 0 Å². The van der Waals surface area contributed by atoms with Crippen LogP contribution < -0.4 is 0 Å². The molecule has 0 amide bonds. The van der Waals surface area contributed by atoms with Gasteiger partial charge in [-0.25, -0.2) is 0 Å². The molecule has 1 aliphatic heterocycles. The van der Waals surface area contributed by atoms with Crippen molar-refractivity contribution < 1.29 is 5.11 Å². The van der Waals surface area contributed by atoms with Gasteiger partial charge in [-0.2, -0.15) is 0 Å². The van der Waals surface area contributed by atoms with Crippen LogP contribution in [0, 0.1) is 0 Å². The van der Waals surface area contributed by atoms with E-state index in [1.807, 2.05) is 7.05 Å². The molecule has 24 heavy (non-hydrogen) atoms. The molecule has 1 unspecified atom stereocenters. The Balaban J connectivity index is 1.29. The first-order valence-corrected chi connectivity index (χ1v) is 9.68. The monoisotopic (exact) mass is 344 g/mol. The normalized spacial score (nSPS) is 19.2. The number of thioether (sulfide) groups is 1. The number of aliphatic hydroxyl groups is 1. The number of hydrogen-bond acceptors (Lipinski definition) is 5. The van der Waals surface area contributed by atoms with Crippen LogP contribution in [0.5, 0.6) is 0 Å². The summed E-state index contributed by atoms with van der Waals surface area (Å²) >= 11 is 1.61. The summed E-state index contributed by atoms with van der Waals surface area (Å²) in [4.78, 5) is 2.35. The lowest BCUT2D eigenvalue weighted by atomic mass is 10.00. The molecule has 1 saturated carbocycles. The average molecular weight is 344 g/mol. The minimum absolute atomic E-state index is 0.346. The van der Waals surface area contributed by atoms with Crippen LogP contribution in [0.4, 0.5) is 0 Å². The van der Waals surface area contributed by atoms with Crippen molar-refractivity contribution >= 4 is 11.8 Å². The third-order valence-corrected chi connectivity index (χ3v) is 6.06. The highest BCUT2D eigenvalue weighted by Gasteiger charge is 2.29. The van der Waals surface area contributed by atoms with Crippen molar-refractivity contribution in [3.8, 4) is 0 Å². The first-order chi connectivity index (χ1) is 11.7. The molecule has 0 bridgehead atoms. The van der Waals surface area contributed by atoms with E-state index in [0.29, 0.717) is 18.2 Å². The van der Waals surface area contributed by atoms with Crippen molar-refractivity contribution in [3.63, 3.8) is 0 Å². The molecule has 0 spiro atoms. The molecule has 2 aliphatic rings. The summed E-state index contributed by atoms with van der Waals surface area (Å²) in [5.41, 5.74) is 2.84. The van der Waals surface area contributed by atoms with E-state index in [2.05, 4.69) is 43.9 Å². The minimum atomic E-state index is -0.346. The molecular weight excluding hydrogens is 320 g/mol. The zero-order valence-corrected chi connectivity index (χ0v) is 14.9. The first-order valence-electron chi connectivity index (χ1n) is 8.70. The highest BCUT2D eigenvalue weighted by molar-refractivity contribution is 7.99. The number of β-amino-alcohol motifs (C(OH)–C–C–N with tert-alkyl or cyclic N) is 1. The van der Waals surface area contributed by atoms with E-state index >= 15 is 0 Å². The van der Waals surface area contributed by atoms with E-state index in [-0.39, 0.29) is 6.10 Å². The van der Waals surface area contributed by atoms with E-state index in [0.717, 1.165) is 30.5 Å². The summed E-state index contributed by atoms with van der Waals surface area (Å²) in [7, 11) is 2.03. The molecule has 1 aliphatic carbocycles. The van der Waals surface area contributed by atoms with Crippen LogP contribution in [-0.2, 0) is 20.0 Å². The van der Waals surface area contributed by atoms with Crippen LogP contribution in [0.15, 0.2) is 29.4 Å². The van der Waals surface area contributed by atoms with Crippen molar-refractivity contribution in [2.75, 3.05) is 18.8 Å². The number of fused-ring (bicyclic) bond motifs is 1. The minimum Gasteiger partial charge on any atom is -0.391 e. The van der Waals surface area contributed by atoms with Crippen molar-refractivity contribution in [1.29, 1.82) is 0 Å². The van der Waals surface area contributed by atoms with Gasteiger partial charge < -0.3 is 9.67 Å². The standard InChI is InChI=1S/C18H24N4OS/c1-21-17(14-6-7-14)19-20-18(21)24-12-16(23)11-22-9-8-13-4-2-3-5-15(13)10-22/h2-5,14,16,23H,6-12H2,1H3. The van der Waals surface area contributed by atoms with Gasteiger partial charge in [-0.15, -0.1) is 10.2 Å². The van der Waals surface area contributed by atoms with Crippen LogP contribution in [0.25, 0.3) is 0 Å². The molecule has 1 fully saturated rings. The summed E-state index contributed by atoms with van der Waals surface area (Å²) in [6, 6.07) is 8.61. The molecule has 2 aromatic rings. The quantitative estimate of drug-likeness (QED) is 0.814. The number of aromatic nitrogens is 3. The van der Waals surface area contributed by atoms with E-state index in [1.54, 1.807) is 11.8 Å². The second-order valence-electron chi connectivity index (χ2n) is 6.89. The lowest BCUT2D eigenvalue weighted by Crippen LogP contribution is -2.37. The van der Waals surface area contributed by atoms with Crippen LogP contribution in [0.1, 0.15) is 35.7 Å². The summed E-state index contributed by atoms with van der Waals surface area (Å²) in [6.45, 7) is 2.68. The highest BCUT2D eigenvalue weighted by Crippen LogP contribution is 2.39. The van der Waals surface area contributed by atoms with Crippen molar-refractivity contribution in [3.05, 3.63) is 41.2 Å². The molecule has 5 nitrogen and oxygen atoms in total. The highest BCUT2D eigenvalue weighted by atomic mass is 32.2. The Kier molecular flexibility index (Phi) is 4.61. The predicted molar refractivity (Wildman–Crippen MR) is 95.1 cm³/mol. The second-order valence-corrected chi connectivity index (χ2v) is 7.88. The van der Waals surface area contributed by atoms with Crippen LogP contribution in [0.3, 0.4) is 0 Å². The zero-order chi connectivity index (χ0) is 16.5. The van der Waals surface area contributed by atoms with Gasteiger partial charge in [0.15, 0.2) is 5.16 Å². The van der Waals surface area contributed by atoms with Crippen LogP contribution >= 0.6 is 11.8 Å². The molecule has 6 heteroatoms. The summed E-state index contributed by atoms with van der Waals surface area (Å²) in [6.07, 6.45) is 3.19. The number of aliphatic hydroxyl groups excluding tert-OH is 1. The molecule has 1 aromatic carbocycles. The number of nitrogens with zero attached hydrogens (tertiary/aromatic N) is 4. The largest absolute Gasteiger partial charge is 0.391 e. The Hall–Kier alpha value is -1.37. The van der Waals surface area contributed by atoms with Crippen molar-refractivity contribution in [2.45, 2.75) is 43.0 Å². The van der Waals surface area contributed by atoms with Crippen molar-refractivity contribution in [1.82, 2.24) is 19.7 Å². The third-order valence-electron chi connectivity index (χ3n) is 4.89. The number of hydrogen-bond donors (Lipinski definition) is 1. The Labute approximate surface area is 147 Å². The molecule has 4 rings (SSSR count). The van der Waals surface area contributed by atoms with Gasteiger partial charge in [-0.3, -0.25) is 4.90 Å². The third kappa shape index (κ3) is 3.50. The predicted octanol–water partition coefficient (Wildman–Crippen LogP) is 2.20. The molecule has 0 saturated heterocycles. The zero-order valence-electron chi connectivity index (χ0n) is 14.1. The fourth-order valence-corrected chi connectivity index (χ4v) is 4.21. The molecular formula is C18H24N4OS. The first kappa shape index (κ1) is 16.1. The van der Waals surface area contributed by atoms with E-state index < -0.39 is 0 Å². The number of benzene rings is 1. The van der Waals surface area contributed by atoms with Gasteiger partial charge >= 0.3 is 0 Å². The van der Waals surface area contributed by atoms with Gasteiger partial charge in [-0.05, 0) is 30.4 Å². The molecule has 1 aromatic heterocycles. The second kappa shape index (κ2) is 6.86. The molecule has 0 radical (unpaired) electrons. The summed E-state index contributed by atoms with van der Waals surface area (Å²) in [5, 5.41) is 19.9. The van der Waals surface area contributed by atoms with Gasteiger partial charge in [-0.1, -0.05) is 36.0 Å². The van der Waals surface area contributed by atoms with Crippen LogP contribution in [-0.4, -0.2) is 49.7 Å². The maximum Gasteiger partial charge on any atom is 0.191 e. The van der Waals surface area contributed by atoms with Gasteiger partial charge in [0.25, 0.3) is 0 Å². The van der Waals surface area contributed by atoms with Gasteiger partial charge in [0.05, 0.1) is 6.10 Å². The van der Waals surface area contributed by atoms with Gasteiger partial charge in [0.2, 0.25) is 0 Å². The van der Waals surface area contributed by atoms with Crippen molar-refractivity contribution in [2.24, 2.45) is 7.05 Å². The maximum absolute atomic E-state index is 10.4.